The third-order valence-corrected chi connectivity index (χ3v) is 8.44. The highest BCUT2D eigenvalue weighted by Gasteiger charge is 2.27. The number of carbonyl (C=O) groups is 1. The summed E-state index contributed by atoms with van der Waals surface area (Å²) in [6.45, 7) is 7.94. The maximum Gasteiger partial charge on any atom is 0.367 e. The van der Waals surface area contributed by atoms with E-state index in [0.29, 0.717) is 6.42 Å². The summed E-state index contributed by atoms with van der Waals surface area (Å²) in [5.41, 5.74) is 3.34. The van der Waals surface area contributed by atoms with Crippen LogP contribution in [0.3, 0.4) is 0 Å². The zero-order valence-electron chi connectivity index (χ0n) is 21.4. The van der Waals surface area contributed by atoms with Crippen molar-refractivity contribution in [3.05, 3.63) is 46.1 Å². The van der Waals surface area contributed by atoms with Crippen molar-refractivity contribution in [2.24, 2.45) is 0 Å². The maximum atomic E-state index is 15.5. The van der Waals surface area contributed by atoms with Crippen molar-refractivity contribution >= 4 is 29.5 Å². The molecule has 194 valence electrons. The number of allylic oxidation sites excluding steroid dienone is 5. The van der Waals surface area contributed by atoms with Gasteiger partial charge in [0.2, 0.25) is 5.83 Å². The molecule has 0 aromatic heterocycles. The van der Waals surface area contributed by atoms with E-state index in [0.717, 1.165) is 36.3 Å². The third-order valence-electron chi connectivity index (χ3n) is 5.32. The fourth-order valence-electron chi connectivity index (χ4n) is 3.55. The number of thioether (sulfide) groups is 2. The molecule has 4 nitrogen and oxygen atoms in total. The van der Waals surface area contributed by atoms with Gasteiger partial charge in [-0.15, -0.1) is 23.5 Å². The Morgan fingerprint density at radius 1 is 0.971 bits per heavy atom. The summed E-state index contributed by atoms with van der Waals surface area (Å²) in [6.07, 6.45) is 6.66. The molecular formula is C26H40F2O4S2. The third kappa shape index (κ3) is 11.1. The molecule has 0 bridgehead atoms. The lowest BCUT2D eigenvalue weighted by atomic mass is 10.0. The van der Waals surface area contributed by atoms with Gasteiger partial charge in [0.15, 0.2) is 6.29 Å². The Bertz CT molecular complexity index is 761. The molecule has 0 atom stereocenters. The molecule has 8 heteroatoms. The van der Waals surface area contributed by atoms with Crippen LogP contribution in [0.5, 0.6) is 0 Å². The second kappa shape index (κ2) is 17.4. The summed E-state index contributed by atoms with van der Waals surface area (Å²) in [6, 6.07) is 0. The molecule has 1 fully saturated rings. The number of rotatable bonds is 15. The molecule has 1 saturated heterocycles. The van der Waals surface area contributed by atoms with Crippen LogP contribution >= 0.6 is 23.5 Å². The van der Waals surface area contributed by atoms with Gasteiger partial charge in [-0.1, -0.05) is 23.3 Å². The highest BCUT2D eigenvalue weighted by molar-refractivity contribution is 8.20. The van der Waals surface area contributed by atoms with E-state index in [1.807, 2.05) is 0 Å². The molecule has 1 aliphatic heterocycles. The Kier molecular flexibility index (Phi) is 15.8. The van der Waals surface area contributed by atoms with Crippen molar-refractivity contribution in [1.82, 2.24) is 0 Å². The number of hydrogen-bond donors (Lipinski definition) is 0. The van der Waals surface area contributed by atoms with Crippen molar-refractivity contribution in [2.75, 3.05) is 32.3 Å². The minimum atomic E-state index is -1.09. The second-order valence-electron chi connectivity index (χ2n) is 8.28. The van der Waals surface area contributed by atoms with E-state index in [-0.39, 0.29) is 35.4 Å². The van der Waals surface area contributed by atoms with E-state index >= 15 is 4.39 Å². The van der Waals surface area contributed by atoms with Gasteiger partial charge >= 0.3 is 5.97 Å². The summed E-state index contributed by atoms with van der Waals surface area (Å²) in [5.74, 6) is -0.437. The molecule has 1 heterocycles. The first-order valence-electron chi connectivity index (χ1n) is 11.8. The minimum absolute atomic E-state index is 0.0262. The number of ether oxygens (including phenoxy) is 3. The van der Waals surface area contributed by atoms with E-state index in [1.54, 1.807) is 30.4 Å². The van der Waals surface area contributed by atoms with Gasteiger partial charge in [-0.05, 0) is 65.4 Å². The average molecular weight is 519 g/mol. The zero-order valence-corrected chi connectivity index (χ0v) is 23.0. The number of esters is 1. The quantitative estimate of drug-likeness (QED) is 0.0959. The highest BCUT2D eigenvalue weighted by atomic mass is 32.2. The first-order chi connectivity index (χ1) is 16.2. The Hall–Kier alpha value is -1.09. The van der Waals surface area contributed by atoms with E-state index in [1.165, 1.54) is 25.4 Å². The number of methoxy groups -OCH3 is 2. The van der Waals surface area contributed by atoms with Gasteiger partial charge in [-0.25, -0.2) is 9.18 Å². The molecule has 1 rings (SSSR count). The first kappa shape index (κ1) is 30.9. The SMILES string of the molecule is CCOC(=O)/C(F)=C(/CC/C(F)=C(\CC/C=C(\C)CCC=C(C)C)C1SCCS1)C(OC)OC. The fraction of sp³-hybridized carbons (Fsp3) is 0.654. The standard InChI is InChI=1S/C26H40F2O4S2/c1-7-32-24(29)23(28)21(25(30-5)31-6)14-15-22(27)20(26-33-16-17-34-26)13-9-12-19(4)11-8-10-18(2)3/h10,12,25-26H,7-9,11,13-17H2,1-6H3/b19-12+,22-20-,23-21+. The van der Waals surface area contributed by atoms with Crippen LogP contribution in [0.15, 0.2) is 46.1 Å². The summed E-state index contributed by atoms with van der Waals surface area (Å²) in [7, 11) is 2.70. The predicted octanol–water partition coefficient (Wildman–Crippen LogP) is 7.67. The normalized spacial score (nSPS) is 16.4. The molecule has 0 aliphatic carbocycles. The molecule has 0 amide bonds. The largest absolute Gasteiger partial charge is 0.461 e. The topological polar surface area (TPSA) is 44.8 Å². The summed E-state index contributed by atoms with van der Waals surface area (Å²) in [5, 5.41) is 0. The van der Waals surface area contributed by atoms with Gasteiger partial charge in [0, 0.05) is 37.7 Å². The average Bonchev–Trinajstić information content (AvgIpc) is 3.33. The molecule has 0 spiro atoms. The van der Waals surface area contributed by atoms with Gasteiger partial charge in [-0.3, -0.25) is 0 Å². The lowest BCUT2D eigenvalue weighted by molar-refractivity contribution is -0.141. The highest BCUT2D eigenvalue weighted by Crippen LogP contribution is 2.41. The van der Waals surface area contributed by atoms with Crippen LogP contribution < -0.4 is 0 Å². The Labute approximate surface area is 212 Å². The Balaban J connectivity index is 2.99. The monoisotopic (exact) mass is 518 g/mol. The van der Waals surface area contributed by atoms with Gasteiger partial charge < -0.3 is 14.2 Å². The fourth-order valence-corrected chi connectivity index (χ4v) is 6.60. The van der Waals surface area contributed by atoms with Gasteiger partial charge in [-0.2, -0.15) is 4.39 Å². The van der Waals surface area contributed by atoms with Crippen molar-refractivity contribution < 1.29 is 27.8 Å². The van der Waals surface area contributed by atoms with Gasteiger partial charge in [0.05, 0.1) is 11.2 Å². The molecular weight excluding hydrogens is 478 g/mol. The molecule has 0 unspecified atom stereocenters. The van der Waals surface area contributed by atoms with Gasteiger partial charge in [0.1, 0.15) is 5.83 Å². The Morgan fingerprint density at radius 3 is 2.15 bits per heavy atom. The van der Waals surface area contributed by atoms with Crippen LogP contribution in [-0.4, -0.2) is 49.2 Å². The molecule has 0 radical (unpaired) electrons. The van der Waals surface area contributed by atoms with Gasteiger partial charge in [0.25, 0.3) is 0 Å². The van der Waals surface area contributed by atoms with E-state index in [2.05, 4.69) is 32.9 Å². The van der Waals surface area contributed by atoms with E-state index < -0.39 is 18.1 Å². The van der Waals surface area contributed by atoms with Crippen molar-refractivity contribution in [1.29, 1.82) is 0 Å². The molecule has 0 N–H and O–H groups in total. The molecule has 1 aliphatic rings. The van der Waals surface area contributed by atoms with Crippen LogP contribution in [0.4, 0.5) is 8.78 Å². The second-order valence-corrected chi connectivity index (χ2v) is 11.0. The number of hydrogen-bond acceptors (Lipinski definition) is 6. The minimum Gasteiger partial charge on any atom is -0.461 e. The summed E-state index contributed by atoms with van der Waals surface area (Å²) in [4.78, 5) is 11.9. The van der Waals surface area contributed by atoms with Crippen molar-refractivity contribution in [3.63, 3.8) is 0 Å². The smallest absolute Gasteiger partial charge is 0.367 e. The van der Waals surface area contributed by atoms with E-state index in [9.17, 15) is 9.18 Å². The van der Waals surface area contributed by atoms with Crippen LogP contribution in [0, 0.1) is 0 Å². The van der Waals surface area contributed by atoms with Crippen LogP contribution in [0.25, 0.3) is 0 Å². The van der Waals surface area contributed by atoms with Crippen LogP contribution in [0.1, 0.15) is 66.2 Å². The van der Waals surface area contributed by atoms with Crippen molar-refractivity contribution in [2.45, 2.75) is 77.1 Å². The van der Waals surface area contributed by atoms with Crippen LogP contribution in [-0.2, 0) is 19.0 Å². The van der Waals surface area contributed by atoms with E-state index in [4.69, 9.17) is 14.2 Å². The predicted molar refractivity (Wildman–Crippen MR) is 140 cm³/mol. The molecule has 0 aromatic carbocycles. The first-order valence-corrected chi connectivity index (χ1v) is 13.9. The van der Waals surface area contributed by atoms with Crippen molar-refractivity contribution in [3.8, 4) is 0 Å². The maximum absolute atomic E-state index is 15.5. The Morgan fingerprint density at radius 2 is 1.59 bits per heavy atom. The number of halogens is 2. The molecule has 0 aromatic rings. The zero-order chi connectivity index (χ0) is 25.5. The molecule has 0 saturated carbocycles. The summed E-state index contributed by atoms with van der Waals surface area (Å²) >= 11 is 3.50. The molecule has 34 heavy (non-hydrogen) atoms. The summed E-state index contributed by atoms with van der Waals surface area (Å²) < 4.78 is 45.4. The van der Waals surface area contributed by atoms with Crippen LogP contribution in [0.2, 0.25) is 0 Å². The lowest BCUT2D eigenvalue weighted by Gasteiger charge is -2.19. The lowest BCUT2D eigenvalue weighted by Crippen LogP contribution is -2.20. The number of carbonyl (C=O) groups excluding carboxylic acids is 1.